The van der Waals surface area contributed by atoms with Crippen LogP contribution < -0.4 is 0 Å². The maximum absolute atomic E-state index is 11.7. The van der Waals surface area contributed by atoms with Crippen LogP contribution in [0.5, 0.6) is 0 Å². The molecular weight excluding hydrogens is 532 g/mol. The summed E-state index contributed by atoms with van der Waals surface area (Å²) in [6.07, 6.45) is 25.4. The van der Waals surface area contributed by atoms with Gasteiger partial charge in [0.25, 0.3) is 0 Å². The van der Waals surface area contributed by atoms with Crippen molar-refractivity contribution < 1.29 is 4.70 Å². The summed E-state index contributed by atoms with van der Waals surface area (Å²) in [5, 5.41) is 0. The highest BCUT2D eigenvalue weighted by atomic mass is 15.2. The molecule has 0 amide bonds. The number of nitrogens with zero attached hydrogens (tertiary/aromatic N) is 2. The highest BCUT2D eigenvalue weighted by Gasteiger charge is 2.33. The van der Waals surface area contributed by atoms with E-state index in [1.165, 1.54) is 119 Å². The van der Waals surface area contributed by atoms with Crippen LogP contribution >= 0.6 is 0 Å². The molecule has 2 aromatic rings. The largest absolute Gasteiger partial charge is 0.493 e. The first kappa shape index (κ1) is 35.6. The minimum Gasteiger partial charge on any atom is -0.493 e. The number of allylic oxidation sites excluding steroid dienone is 2. The first-order valence-corrected chi connectivity index (χ1v) is 18.2. The Morgan fingerprint density at radius 2 is 1.02 bits per heavy atom. The van der Waals surface area contributed by atoms with Crippen molar-refractivity contribution >= 4 is 11.4 Å². The topological polar surface area (TPSA) is 25.3 Å². The van der Waals surface area contributed by atoms with E-state index in [0.717, 1.165) is 59.4 Å². The summed E-state index contributed by atoms with van der Waals surface area (Å²) >= 11 is 0. The summed E-state index contributed by atoms with van der Waals surface area (Å²) in [5.74, 6) is 7.03. The molecule has 0 fully saturated rings. The molecule has 0 bridgehead atoms. The standard InChI is InChI=1S/C42H60N2/c1-5-8-11-12-13-14-15-16-17-18-19-20-21-22-23-32-40-35(4)41(38-30-24-28-36(33-38)26-9-6-2)44(43)42(40)39-31-25-29-37(34-39)27-10-7-3/h24-25,28-31,33-34H,5-22,26-27H2,1-4H3. The van der Waals surface area contributed by atoms with Gasteiger partial charge in [-0.3, -0.25) is 0 Å². The van der Waals surface area contributed by atoms with Gasteiger partial charge in [0.1, 0.15) is 5.57 Å². The van der Waals surface area contributed by atoms with Crippen LogP contribution in [0, 0.1) is 11.8 Å². The van der Waals surface area contributed by atoms with Crippen molar-refractivity contribution in [3.05, 3.63) is 87.5 Å². The number of aryl methyl sites for hydroxylation is 2. The Labute approximate surface area is 270 Å². The Kier molecular flexibility index (Phi) is 16.9. The number of rotatable bonds is 21. The lowest BCUT2D eigenvalue weighted by atomic mass is 9.98. The van der Waals surface area contributed by atoms with Crippen LogP contribution in [0.2, 0.25) is 0 Å². The maximum atomic E-state index is 11.7. The SMILES string of the molecule is CCCCCCCCCCCCCCCC#CC1=C(c2cccc(CCCC)c2)[N+](=[N-])C(c2cccc(CCCC)c2)=C1C. The quantitative estimate of drug-likeness (QED) is 0.0782. The third-order valence-electron chi connectivity index (χ3n) is 9.05. The van der Waals surface area contributed by atoms with Crippen LogP contribution in [-0.2, 0) is 12.8 Å². The highest BCUT2D eigenvalue weighted by Crippen LogP contribution is 2.40. The second-order valence-corrected chi connectivity index (χ2v) is 12.9. The van der Waals surface area contributed by atoms with Crippen molar-refractivity contribution in [2.75, 3.05) is 0 Å². The first-order chi connectivity index (χ1) is 21.6. The molecular formula is C42H60N2. The van der Waals surface area contributed by atoms with Gasteiger partial charge in [-0.15, -0.1) is 0 Å². The lowest BCUT2D eigenvalue weighted by molar-refractivity contribution is -0.345. The molecule has 1 aliphatic heterocycles. The molecule has 2 nitrogen and oxygen atoms in total. The van der Waals surface area contributed by atoms with E-state index in [2.05, 4.69) is 88.1 Å². The Balaban J connectivity index is 1.64. The third kappa shape index (κ3) is 11.5. The van der Waals surface area contributed by atoms with E-state index >= 15 is 0 Å². The highest BCUT2D eigenvalue weighted by molar-refractivity contribution is 5.85. The van der Waals surface area contributed by atoms with Crippen LogP contribution in [0.1, 0.15) is 166 Å². The van der Waals surface area contributed by atoms with Crippen molar-refractivity contribution in [1.29, 1.82) is 0 Å². The molecule has 0 spiro atoms. The molecule has 0 aliphatic carbocycles. The van der Waals surface area contributed by atoms with Crippen LogP contribution in [0.25, 0.3) is 16.9 Å². The lowest BCUT2D eigenvalue weighted by Gasteiger charge is -2.11. The van der Waals surface area contributed by atoms with Crippen molar-refractivity contribution in [3.8, 4) is 11.8 Å². The van der Waals surface area contributed by atoms with Gasteiger partial charge in [-0.1, -0.05) is 147 Å². The molecule has 0 atom stereocenters. The normalized spacial score (nSPS) is 13.1. The lowest BCUT2D eigenvalue weighted by Crippen LogP contribution is -2.03. The Morgan fingerprint density at radius 1 is 0.568 bits per heavy atom. The van der Waals surface area contributed by atoms with E-state index in [-0.39, 0.29) is 0 Å². The van der Waals surface area contributed by atoms with E-state index in [9.17, 15) is 5.53 Å². The molecule has 44 heavy (non-hydrogen) atoms. The second-order valence-electron chi connectivity index (χ2n) is 12.9. The van der Waals surface area contributed by atoms with Gasteiger partial charge in [0.05, 0.1) is 0 Å². The zero-order valence-electron chi connectivity index (χ0n) is 28.7. The molecule has 238 valence electrons. The average Bonchev–Trinajstić information content (AvgIpc) is 3.29. The summed E-state index contributed by atoms with van der Waals surface area (Å²) in [7, 11) is 0. The molecule has 0 saturated heterocycles. The van der Waals surface area contributed by atoms with Gasteiger partial charge in [-0.05, 0) is 74.4 Å². The van der Waals surface area contributed by atoms with E-state index in [4.69, 9.17) is 0 Å². The number of hydrogen-bond donors (Lipinski definition) is 0. The van der Waals surface area contributed by atoms with Crippen molar-refractivity contribution in [2.45, 2.75) is 156 Å². The molecule has 2 aromatic carbocycles. The van der Waals surface area contributed by atoms with Crippen LogP contribution in [-0.4, -0.2) is 4.70 Å². The molecule has 0 N–H and O–H groups in total. The fourth-order valence-corrected chi connectivity index (χ4v) is 6.32. The Hall–Kier alpha value is -2.92. The van der Waals surface area contributed by atoms with Gasteiger partial charge in [0.15, 0.2) is 0 Å². The van der Waals surface area contributed by atoms with E-state index in [0.29, 0.717) is 0 Å². The summed E-state index contributed by atoms with van der Waals surface area (Å²) < 4.78 is 1.42. The van der Waals surface area contributed by atoms with Gasteiger partial charge < -0.3 is 5.53 Å². The van der Waals surface area contributed by atoms with Crippen molar-refractivity contribution in [2.24, 2.45) is 0 Å². The summed E-state index contributed by atoms with van der Waals surface area (Å²) in [6, 6.07) is 17.4. The molecule has 0 radical (unpaired) electrons. The van der Waals surface area contributed by atoms with E-state index < -0.39 is 0 Å². The first-order valence-electron chi connectivity index (χ1n) is 18.2. The number of benzene rings is 2. The molecule has 3 rings (SSSR count). The fraction of sp³-hybridized carbons (Fsp3) is 0.571. The smallest absolute Gasteiger partial charge is 0.223 e. The van der Waals surface area contributed by atoms with Gasteiger partial charge >= 0.3 is 0 Å². The molecule has 1 heterocycles. The zero-order chi connectivity index (χ0) is 31.4. The van der Waals surface area contributed by atoms with E-state index in [1.807, 2.05) is 0 Å². The van der Waals surface area contributed by atoms with Crippen molar-refractivity contribution in [1.82, 2.24) is 0 Å². The molecule has 2 heteroatoms. The van der Waals surface area contributed by atoms with Gasteiger partial charge in [0.2, 0.25) is 11.4 Å². The van der Waals surface area contributed by atoms with E-state index in [1.54, 1.807) is 0 Å². The van der Waals surface area contributed by atoms with Gasteiger partial charge in [-0.25, -0.2) is 4.70 Å². The summed E-state index contributed by atoms with van der Waals surface area (Å²) in [4.78, 5) is 0. The predicted molar refractivity (Wildman–Crippen MR) is 191 cm³/mol. The molecule has 1 aliphatic rings. The second kappa shape index (κ2) is 20.9. The monoisotopic (exact) mass is 592 g/mol. The maximum Gasteiger partial charge on any atom is 0.223 e. The number of hydrogen-bond acceptors (Lipinski definition) is 0. The van der Waals surface area contributed by atoms with Crippen LogP contribution in [0.15, 0.2) is 59.7 Å². The minimum absolute atomic E-state index is 0.827. The molecule has 0 aromatic heterocycles. The zero-order valence-corrected chi connectivity index (χ0v) is 28.7. The van der Waals surface area contributed by atoms with Crippen molar-refractivity contribution in [3.63, 3.8) is 0 Å². The van der Waals surface area contributed by atoms with Gasteiger partial charge in [-0.2, -0.15) is 0 Å². The van der Waals surface area contributed by atoms with Gasteiger partial charge in [0, 0.05) is 23.1 Å². The van der Waals surface area contributed by atoms with Crippen LogP contribution in [0.3, 0.4) is 0 Å². The Morgan fingerprint density at radius 3 is 1.52 bits per heavy atom. The number of unbranched alkanes of at least 4 members (excludes halogenated alkanes) is 15. The minimum atomic E-state index is 0.827. The summed E-state index contributed by atoms with van der Waals surface area (Å²) in [6.45, 7) is 8.88. The average molecular weight is 593 g/mol. The third-order valence-corrected chi connectivity index (χ3v) is 9.05. The van der Waals surface area contributed by atoms with Crippen LogP contribution in [0.4, 0.5) is 0 Å². The molecule has 0 unspecified atom stereocenters. The fourth-order valence-electron chi connectivity index (χ4n) is 6.32. The Bertz CT molecular complexity index is 1280. The predicted octanol–water partition coefficient (Wildman–Crippen LogP) is 13.0. The summed E-state index contributed by atoms with van der Waals surface area (Å²) in [5.41, 5.74) is 20.2. The molecule has 0 saturated carbocycles.